The first-order valence-corrected chi connectivity index (χ1v) is 10.9. The van der Waals surface area contributed by atoms with Gasteiger partial charge in [-0.15, -0.1) is 0 Å². The summed E-state index contributed by atoms with van der Waals surface area (Å²) < 4.78 is 3.33. The molecule has 0 radical (unpaired) electrons. The molecule has 0 saturated heterocycles. The summed E-state index contributed by atoms with van der Waals surface area (Å²) in [5.74, 6) is 0. The average molecular weight is 447 g/mol. The highest BCUT2D eigenvalue weighted by Gasteiger charge is 2.17. The summed E-state index contributed by atoms with van der Waals surface area (Å²) in [5.41, 5.74) is 3.80. The molecule has 114 valence electrons. The highest BCUT2D eigenvalue weighted by Crippen LogP contribution is 2.37. The lowest BCUT2D eigenvalue weighted by Crippen LogP contribution is -2.13. The van der Waals surface area contributed by atoms with Gasteiger partial charge in [0.2, 0.25) is 0 Å². The Morgan fingerprint density at radius 2 is 2.23 bits per heavy atom. The van der Waals surface area contributed by atoms with Crippen LogP contribution in [0.25, 0.3) is 28.1 Å². The number of hydrogen-bond donors (Lipinski definition) is 1. The second-order valence-electron chi connectivity index (χ2n) is 4.92. The Bertz CT molecular complexity index is 956. The van der Waals surface area contributed by atoms with E-state index in [-0.39, 0.29) is 5.56 Å². The molecule has 0 aliphatic rings. The van der Waals surface area contributed by atoms with Crippen LogP contribution < -0.4 is 5.56 Å². The Morgan fingerprint density at radius 3 is 2.77 bits per heavy atom. The number of aryl methyl sites for hydroxylation is 2. The van der Waals surface area contributed by atoms with Crippen LogP contribution in [0.4, 0.5) is 0 Å². The van der Waals surface area contributed by atoms with Crippen LogP contribution in [-0.4, -0.2) is 19.3 Å². The van der Waals surface area contributed by atoms with Crippen molar-refractivity contribution in [3.8, 4) is 11.1 Å². The van der Waals surface area contributed by atoms with Crippen LogP contribution in [0.15, 0.2) is 23.5 Å². The van der Waals surface area contributed by atoms with E-state index in [1.807, 2.05) is 23.5 Å². The van der Waals surface area contributed by atoms with E-state index in [1.165, 1.54) is 4.68 Å². The van der Waals surface area contributed by atoms with E-state index in [1.54, 1.807) is 13.1 Å². The number of aromatic nitrogens is 4. The Labute approximate surface area is 146 Å². The van der Waals surface area contributed by atoms with Crippen LogP contribution in [0.2, 0.25) is 5.02 Å². The molecule has 1 unspecified atom stereocenters. The van der Waals surface area contributed by atoms with Crippen LogP contribution in [0, 0.1) is 6.92 Å². The zero-order valence-electron chi connectivity index (χ0n) is 11.9. The molecule has 22 heavy (non-hydrogen) atoms. The van der Waals surface area contributed by atoms with E-state index in [0.717, 1.165) is 27.9 Å². The quantitative estimate of drug-likeness (QED) is 0.486. The summed E-state index contributed by atoms with van der Waals surface area (Å²) in [4.78, 5) is 12.3. The van der Waals surface area contributed by atoms with Crippen LogP contribution in [0.1, 0.15) is 11.4 Å². The molecule has 1 aromatic carbocycles. The monoisotopic (exact) mass is 446 g/mol. The maximum Gasteiger partial charge on any atom is 0.274 e. The van der Waals surface area contributed by atoms with Crippen molar-refractivity contribution >= 4 is 57.0 Å². The molecular formula is C14H13ClIN4OP. The summed E-state index contributed by atoms with van der Waals surface area (Å²) in [6.45, 7) is 5.68. The minimum absolute atomic E-state index is 0.0729. The fraction of sp³-hybridized carbons (Fsp3) is 0.143. The van der Waals surface area contributed by atoms with E-state index in [9.17, 15) is 4.79 Å². The third-order valence-electron chi connectivity index (χ3n) is 3.55. The molecule has 0 spiro atoms. The van der Waals surface area contributed by atoms with Gasteiger partial charge in [0, 0.05) is 18.1 Å². The number of aromatic amines is 1. The molecule has 0 aliphatic carbocycles. The van der Waals surface area contributed by atoms with Crippen LogP contribution in [0.5, 0.6) is 0 Å². The number of H-pyrrole nitrogens is 1. The fourth-order valence-corrected chi connectivity index (χ4v) is 4.49. The summed E-state index contributed by atoms with van der Waals surface area (Å²) >= 11 is 8.72. The molecule has 0 bridgehead atoms. The van der Waals surface area contributed by atoms with Gasteiger partial charge < -0.3 is 0 Å². The zero-order valence-corrected chi connectivity index (χ0v) is 15.9. The van der Waals surface area contributed by atoms with Crippen molar-refractivity contribution < 1.29 is 0 Å². The van der Waals surface area contributed by atoms with Gasteiger partial charge in [0.05, 0.1) is 28.2 Å². The molecular weight excluding hydrogens is 434 g/mol. The maximum atomic E-state index is 12.3. The highest BCUT2D eigenvalue weighted by atomic mass is 127. The number of rotatable bonds is 3. The second kappa shape index (κ2) is 5.83. The molecule has 0 amide bonds. The normalized spacial score (nSPS) is 11.8. The number of fused-ring (bicyclic) bond motifs is 1. The van der Waals surface area contributed by atoms with Crippen molar-refractivity contribution in [2.45, 2.75) is 6.92 Å². The number of hydrogen-bond acceptors (Lipinski definition) is 2. The van der Waals surface area contributed by atoms with Gasteiger partial charge >= 0.3 is 0 Å². The topological polar surface area (TPSA) is 55.6 Å². The van der Waals surface area contributed by atoms with E-state index < -0.39 is 0 Å². The third-order valence-corrected chi connectivity index (χ3v) is 5.69. The molecule has 2 aromatic heterocycles. The predicted molar refractivity (Wildman–Crippen MR) is 102 cm³/mol. The lowest BCUT2D eigenvalue weighted by atomic mass is 10.0. The van der Waals surface area contributed by atoms with Gasteiger partial charge in [-0.1, -0.05) is 18.2 Å². The summed E-state index contributed by atoms with van der Waals surface area (Å²) in [7, 11) is 1.70. The smallest absolute Gasteiger partial charge is 0.274 e. The van der Waals surface area contributed by atoms with Crippen molar-refractivity contribution in [3.05, 3.63) is 45.5 Å². The Balaban J connectivity index is 2.38. The first kappa shape index (κ1) is 15.8. The van der Waals surface area contributed by atoms with E-state index in [0.29, 0.717) is 17.0 Å². The van der Waals surface area contributed by atoms with Crippen molar-refractivity contribution in [1.29, 1.82) is 0 Å². The summed E-state index contributed by atoms with van der Waals surface area (Å²) in [6, 6.07) is 3.78. The molecule has 5 nitrogen and oxygen atoms in total. The fourth-order valence-electron chi connectivity index (χ4n) is 2.60. The van der Waals surface area contributed by atoms with Gasteiger partial charge in [0.1, 0.15) is 0 Å². The molecule has 0 fully saturated rings. The number of halogens is 2. The van der Waals surface area contributed by atoms with Crippen molar-refractivity contribution in [3.63, 3.8) is 0 Å². The second-order valence-corrected chi connectivity index (χ2v) is 7.36. The van der Waals surface area contributed by atoms with Gasteiger partial charge in [-0.3, -0.25) is 14.6 Å². The van der Waals surface area contributed by atoms with Gasteiger partial charge in [0.15, 0.2) is 0 Å². The minimum Gasteiger partial charge on any atom is -0.300 e. The molecule has 3 rings (SSSR count). The Hall–Kier alpha value is -1.11. The number of benzene rings is 1. The summed E-state index contributed by atoms with van der Waals surface area (Å²) in [6.07, 6.45) is 2.14. The molecule has 1 N–H and O–H groups in total. The number of nitrogens with one attached hydrogen (secondary N) is 1. The molecule has 0 aliphatic heterocycles. The van der Waals surface area contributed by atoms with Gasteiger partial charge in [-0.05, 0) is 52.7 Å². The first-order chi connectivity index (χ1) is 10.5. The van der Waals surface area contributed by atoms with E-state index in [4.69, 9.17) is 11.6 Å². The zero-order chi connectivity index (χ0) is 16.0. The Kier molecular flexibility index (Phi) is 4.18. The highest BCUT2D eigenvalue weighted by molar-refractivity contribution is 14.2. The maximum absolute atomic E-state index is 12.3. The minimum atomic E-state index is -0.0729. The SMILES string of the molecule is C=Cc1nn(PI)c2c(Cl)cc(-c3c(C)[nH]n(C)c3=O)cc12. The summed E-state index contributed by atoms with van der Waals surface area (Å²) in [5, 5.41) is 9.00. The van der Waals surface area contributed by atoms with E-state index in [2.05, 4.69) is 38.8 Å². The number of nitrogens with zero attached hydrogens (tertiary/aromatic N) is 3. The van der Waals surface area contributed by atoms with Crippen molar-refractivity contribution in [2.24, 2.45) is 7.05 Å². The van der Waals surface area contributed by atoms with Gasteiger partial charge in [-0.25, -0.2) is 4.45 Å². The van der Waals surface area contributed by atoms with Crippen molar-refractivity contribution in [2.75, 3.05) is 0 Å². The largest absolute Gasteiger partial charge is 0.300 e. The van der Waals surface area contributed by atoms with Crippen LogP contribution >= 0.6 is 40.0 Å². The van der Waals surface area contributed by atoms with E-state index >= 15 is 0 Å². The predicted octanol–water partition coefficient (Wildman–Crippen LogP) is 4.13. The molecule has 8 heteroatoms. The van der Waals surface area contributed by atoms with Gasteiger partial charge in [-0.2, -0.15) is 5.10 Å². The standard InChI is InChI=1S/C14H13ClIN4OP/c1-4-11-9-5-8(12-7(2)17-19(3)14(12)21)6-10(15)13(9)20(18-11)22-16/h4-6,17,22H,1H2,2-3H3. The molecule has 1 atom stereocenters. The molecule has 2 heterocycles. The van der Waals surface area contributed by atoms with Crippen LogP contribution in [-0.2, 0) is 7.05 Å². The Morgan fingerprint density at radius 1 is 1.50 bits per heavy atom. The third kappa shape index (κ3) is 2.33. The lowest BCUT2D eigenvalue weighted by Gasteiger charge is -2.04. The van der Waals surface area contributed by atoms with Crippen LogP contribution in [0.3, 0.4) is 0 Å². The average Bonchev–Trinajstić information content (AvgIpc) is 2.96. The first-order valence-electron chi connectivity index (χ1n) is 6.45. The molecule has 3 aromatic rings. The van der Waals surface area contributed by atoms with Crippen molar-refractivity contribution in [1.82, 2.24) is 19.3 Å². The lowest BCUT2D eigenvalue weighted by molar-refractivity contribution is 0.731. The van der Waals surface area contributed by atoms with Gasteiger partial charge in [0.25, 0.3) is 5.56 Å². The molecule has 0 saturated carbocycles.